The normalized spacial score (nSPS) is 16.8. The van der Waals surface area contributed by atoms with Crippen LogP contribution < -0.4 is 5.32 Å². The van der Waals surface area contributed by atoms with Gasteiger partial charge in [0.25, 0.3) is 5.91 Å². The second kappa shape index (κ2) is 11.9. The first-order valence-electron chi connectivity index (χ1n) is 11.0. The van der Waals surface area contributed by atoms with Gasteiger partial charge in [-0.15, -0.1) is 0 Å². The highest BCUT2D eigenvalue weighted by Gasteiger charge is 2.35. The van der Waals surface area contributed by atoms with E-state index in [0.717, 1.165) is 24.8 Å². The van der Waals surface area contributed by atoms with Crippen molar-refractivity contribution in [3.63, 3.8) is 0 Å². The lowest BCUT2D eigenvalue weighted by Crippen LogP contribution is -2.32. The van der Waals surface area contributed by atoms with Gasteiger partial charge in [-0.3, -0.25) is 4.79 Å². The first-order chi connectivity index (χ1) is 15.8. The summed E-state index contributed by atoms with van der Waals surface area (Å²) in [4.78, 5) is 20.9. The van der Waals surface area contributed by atoms with Crippen molar-refractivity contribution in [3.05, 3.63) is 69.7 Å². The van der Waals surface area contributed by atoms with Crippen LogP contribution in [-0.4, -0.2) is 35.6 Å². The molecule has 0 spiro atoms. The van der Waals surface area contributed by atoms with Gasteiger partial charge in [-0.25, -0.2) is 9.97 Å². The van der Waals surface area contributed by atoms with Gasteiger partial charge in [0.15, 0.2) is 0 Å². The molecular formula is C24H27Cl2F2N3O2. The Hall–Kier alpha value is -2.09. The van der Waals surface area contributed by atoms with E-state index in [4.69, 9.17) is 27.9 Å². The average molecular weight is 498 g/mol. The maximum Gasteiger partial charge on any atom is 0.308 e. The van der Waals surface area contributed by atoms with Crippen molar-refractivity contribution >= 4 is 29.1 Å². The number of hydrogen-bond donors (Lipinski definition) is 1. The number of aryl methyl sites for hydroxylation is 2. The molecule has 0 aliphatic carbocycles. The summed E-state index contributed by atoms with van der Waals surface area (Å²) in [7, 11) is 0. The largest absolute Gasteiger partial charge is 0.381 e. The van der Waals surface area contributed by atoms with E-state index in [0.29, 0.717) is 55.1 Å². The van der Waals surface area contributed by atoms with Gasteiger partial charge in [0, 0.05) is 42.4 Å². The highest BCUT2D eigenvalue weighted by atomic mass is 35.5. The average Bonchev–Trinajstić information content (AvgIpc) is 3.08. The van der Waals surface area contributed by atoms with E-state index in [1.807, 2.05) is 0 Å². The first kappa shape index (κ1) is 25.5. The highest BCUT2D eigenvalue weighted by Crippen LogP contribution is 2.30. The van der Waals surface area contributed by atoms with Crippen LogP contribution in [0.4, 0.5) is 8.78 Å². The molecule has 1 aliphatic rings. The van der Waals surface area contributed by atoms with Crippen molar-refractivity contribution in [2.75, 3.05) is 19.8 Å². The molecule has 9 heteroatoms. The molecule has 5 nitrogen and oxygen atoms in total. The second-order valence-corrected chi connectivity index (χ2v) is 8.93. The summed E-state index contributed by atoms with van der Waals surface area (Å²) in [6, 6.07) is 5.19. The zero-order valence-electron chi connectivity index (χ0n) is 18.3. The van der Waals surface area contributed by atoms with Gasteiger partial charge in [0.05, 0.1) is 5.56 Å². The number of carbonyl (C=O) groups excluding carboxylic acids is 1. The molecule has 1 N–H and O–H groups in total. The van der Waals surface area contributed by atoms with Crippen LogP contribution in [0.25, 0.3) is 0 Å². The summed E-state index contributed by atoms with van der Waals surface area (Å²) in [6.07, 6.45) is 5.82. The molecule has 1 aromatic heterocycles. The van der Waals surface area contributed by atoms with E-state index in [1.54, 1.807) is 18.2 Å². The summed E-state index contributed by atoms with van der Waals surface area (Å²) in [5.41, 5.74) is -0.0166. The van der Waals surface area contributed by atoms with Gasteiger partial charge >= 0.3 is 5.92 Å². The van der Waals surface area contributed by atoms with Crippen LogP contribution in [0.1, 0.15) is 53.1 Å². The minimum Gasteiger partial charge on any atom is -0.381 e. The minimum atomic E-state index is -3.46. The van der Waals surface area contributed by atoms with Crippen molar-refractivity contribution in [2.45, 2.75) is 44.4 Å². The summed E-state index contributed by atoms with van der Waals surface area (Å²) in [5, 5.41) is 3.92. The van der Waals surface area contributed by atoms with E-state index in [2.05, 4.69) is 21.9 Å². The number of carbonyl (C=O) groups is 1. The smallest absolute Gasteiger partial charge is 0.308 e. The summed E-state index contributed by atoms with van der Waals surface area (Å²) in [6.45, 7) is 4.94. The number of amides is 1. The van der Waals surface area contributed by atoms with Crippen LogP contribution in [0.5, 0.6) is 0 Å². The Morgan fingerprint density at radius 2 is 2.09 bits per heavy atom. The molecular weight excluding hydrogens is 471 g/mol. The van der Waals surface area contributed by atoms with Gasteiger partial charge in [-0.1, -0.05) is 29.8 Å². The molecule has 1 aromatic carbocycles. The van der Waals surface area contributed by atoms with Crippen LogP contribution in [-0.2, 0) is 23.5 Å². The predicted octanol–water partition coefficient (Wildman–Crippen LogP) is 5.78. The summed E-state index contributed by atoms with van der Waals surface area (Å²) >= 11 is 12.2. The molecule has 1 aliphatic heterocycles. The fourth-order valence-corrected chi connectivity index (χ4v) is 4.14. The van der Waals surface area contributed by atoms with Crippen LogP contribution in [0.2, 0.25) is 10.0 Å². The van der Waals surface area contributed by atoms with Gasteiger partial charge in [-0.05, 0) is 67.9 Å². The van der Waals surface area contributed by atoms with Gasteiger partial charge < -0.3 is 10.1 Å². The first-order valence-corrected chi connectivity index (χ1v) is 11.7. The van der Waals surface area contributed by atoms with Crippen molar-refractivity contribution < 1.29 is 18.3 Å². The molecule has 0 bridgehead atoms. The number of aromatic nitrogens is 2. The third kappa shape index (κ3) is 7.19. The molecule has 178 valence electrons. The topological polar surface area (TPSA) is 64.1 Å². The van der Waals surface area contributed by atoms with Crippen molar-refractivity contribution in [1.82, 2.24) is 15.3 Å². The maximum absolute atomic E-state index is 14.6. The molecule has 1 atom stereocenters. The van der Waals surface area contributed by atoms with E-state index < -0.39 is 17.5 Å². The Bertz CT molecular complexity index is 980. The fraction of sp³-hybridized carbons (Fsp3) is 0.458. The zero-order chi connectivity index (χ0) is 23.8. The minimum absolute atomic E-state index is 0.224. The molecule has 0 saturated carbocycles. The number of hydrogen-bond acceptors (Lipinski definition) is 4. The number of alkyl halides is 2. The SMILES string of the molecule is C=CC(F)(F)c1nc(CCCc2cc(Cl)ccc2Cl)ncc1C(=O)NCC1CCCOCC1. The van der Waals surface area contributed by atoms with Crippen molar-refractivity contribution in [3.8, 4) is 0 Å². The Balaban J connectivity index is 1.70. The Kier molecular flexibility index (Phi) is 9.18. The predicted molar refractivity (Wildman–Crippen MR) is 125 cm³/mol. The molecule has 3 rings (SSSR count). The molecule has 1 unspecified atom stereocenters. The van der Waals surface area contributed by atoms with Crippen LogP contribution in [0, 0.1) is 5.92 Å². The number of ether oxygens (including phenoxy) is 1. The van der Waals surface area contributed by atoms with E-state index in [9.17, 15) is 13.6 Å². The Morgan fingerprint density at radius 1 is 1.27 bits per heavy atom. The molecule has 1 fully saturated rings. The summed E-state index contributed by atoms with van der Waals surface area (Å²) < 4.78 is 34.6. The maximum atomic E-state index is 14.6. The monoisotopic (exact) mass is 497 g/mol. The Labute approximate surface area is 202 Å². The van der Waals surface area contributed by atoms with Crippen LogP contribution >= 0.6 is 23.2 Å². The van der Waals surface area contributed by atoms with Crippen LogP contribution in [0.15, 0.2) is 37.1 Å². The Morgan fingerprint density at radius 3 is 2.88 bits per heavy atom. The van der Waals surface area contributed by atoms with Gasteiger partial charge in [0.2, 0.25) is 0 Å². The number of benzene rings is 1. The standard InChI is InChI=1S/C24H27Cl2F2N3O2/c1-2-24(27,28)22-19(23(32)30-14-16-5-4-11-33-12-10-16)15-29-21(31-22)7-3-6-17-13-18(25)8-9-20(17)26/h2,8-9,13,15-16H,1,3-7,10-12,14H2,(H,30,32). The molecule has 1 amide bonds. The third-order valence-corrected chi connectivity index (χ3v) is 6.24. The molecule has 0 radical (unpaired) electrons. The van der Waals surface area contributed by atoms with Crippen molar-refractivity contribution in [1.29, 1.82) is 0 Å². The van der Waals surface area contributed by atoms with E-state index in [-0.39, 0.29) is 17.3 Å². The molecule has 2 heterocycles. The lowest BCUT2D eigenvalue weighted by Gasteiger charge is -2.18. The van der Waals surface area contributed by atoms with E-state index >= 15 is 0 Å². The molecule has 2 aromatic rings. The number of rotatable bonds is 9. The third-order valence-electron chi connectivity index (χ3n) is 5.63. The number of nitrogens with zero attached hydrogens (tertiary/aromatic N) is 2. The number of allylic oxidation sites excluding steroid dienone is 1. The molecule has 33 heavy (non-hydrogen) atoms. The number of nitrogens with one attached hydrogen (secondary N) is 1. The molecule has 1 saturated heterocycles. The fourth-order valence-electron chi connectivity index (χ4n) is 3.73. The van der Waals surface area contributed by atoms with Gasteiger partial charge in [0.1, 0.15) is 11.5 Å². The summed E-state index contributed by atoms with van der Waals surface area (Å²) in [5.74, 6) is -3.61. The lowest BCUT2D eigenvalue weighted by atomic mass is 10.0. The van der Waals surface area contributed by atoms with E-state index in [1.165, 1.54) is 6.20 Å². The van der Waals surface area contributed by atoms with Crippen LogP contribution in [0.3, 0.4) is 0 Å². The zero-order valence-corrected chi connectivity index (χ0v) is 19.8. The number of halogens is 4. The second-order valence-electron chi connectivity index (χ2n) is 8.08. The quantitative estimate of drug-likeness (QED) is 0.445. The highest BCUT2D eigenvalue weighted by molar-refractivity contribution is 6.33. The van der Waals surface area contributed by atoms with Gasteiger partial charge in [-0.2, -0.15) is 8.78 Å². The lowest BCUT2D eigenvalue weighted by molar-refractivity contribution is 0.0452. The van der Waals surface area contributed by atoms with Crippen molar-refractivity contribution in [2.24, 2.45) is 5.92 Å².